The van der Waals surface area contributed by atoms with E-state index < -0.39 is 0 Å². The monoisotopic (exact) mass is 245 g/mol. The van der Waals surface area contributed by atoms with Gasteiger partial charge in [-0.1, -0.05) is 0 Å². The van der Waals surface area contributed by atoms with Crippen molar-refractivity contribution in [3.63, 3.8) is 0 Å². The van der Waals surface area contributed by atoms with Crippen LogP contribution in [0.5, 0.6) is 5.75 Å². The fraction of sp³-hybridized carbons (Fsp3) is 0.400. The highest BCUT2D eigenvalue weighted by molar-refractivity contribution is 5.90. The molecule has 3 nitrogen and oxygen atoms in total. The lowest BCUT2D eigenvalue weighted by atomic mass is 10.0. The predicted octanol–water partition coefficient (Wildman–Crippen LogP) is 3.02. The van der Waals surface area contributed by atoms with E-state index >= 15 is 0 Å². The average molecular weight is 245 g/mol. The summed E-state index contributed by atoms with van der Waals surface area (Å²) in [6, 6.07) is 4.20. The van der Waals surface area contributed by atoms with Gasteiger partial charge in [-0.05, 0) is 43.5 Å². The third-order valence-corrected chi connectivity index (χ3v) is 3.23. The molecule has 96 valence electrons. The Morgan fingerprint density at radius 3 is 2.72 bits per heavy atom. The van der Waals surface area contributed by atoms with Crippen LogP contribution in [-0.2, 0) is 18.3 Å². The Balaban J connectivity index is 2.55. The number of benzene rings is 1. The number of Topliss-reactive ketones (excluding diaryl/α,β-unsaturated/α-hetero) is 1. The van der Waals surface area contributed by atoms with Gasteiger partial charge in [0.15, 0.2) is 0 Å². The van der Waals surface area contributed by atoms with Crippen molar-refractivity contribution in [3.05, 3.63) is 29.5 Å². The van der Waals surface area contributed by atoms with Crippen molar-refractivity contribution in [3.8, 4) is 5.75 Å². The standard InChI is InChI=1S/C15H19NO2/c1-10-7-13-12(6-5-11(2)17)9-16(3)15(13)14(8-10)18-4/h7-9H,5-6H2,1-4H3. The number of ether oxygens (including phenoxy) is 1. The largest absolute Gasteiger partial charge is 0.495 e. The summed E-state index contributed by atoms with van der Waals surface area (Å²) >= 11 is 0. The first kappa shape index (κ1) is 12.7. The molecule has 2 aromatic rings. The Morgan fingerprint density at radius 1 is 1.39 bits per heavy atom. The molecular formula is C15H19NO2. The third kappa shape index (κ3) is 2.26. The Hall–Kier alpha value is -1.77. The fourth-order valence-electron chi connectivity index (χ4n) is 2.39. The van der Waals surface area contributed by atoms with E-state index in [-0.39, 0.29) is 5.78 Å². The number of methoxy groups -OCH3 is 1. The first-order chi connectivity index (χ1) is 8.52. The molecule has 0 spiro atoms. The number of carbonyl (C=O) groups is 1. The quantitative estimate of drug-likeness (QED) is 0.829. The van der Waals surface area contributed by atoms with Crippen LogP contribution in [0.25, 0.3) is 10.9 Å². The van der Waals surface area contributed by atoms with Gasteiger partial charge in [0.2, 0.25) is 0 Å². The summed E-state index contributed by atoms with van der Waals surface area (Å²) in [6.07, 6.45) is 3.48. The zero-order chi connectivity index (χ0) is 13.3. The normalized spacial score (nSPS) is 10.9. The highest BCUT2D eigenvalue weighted by Crippen LogP contribution is 2.31. The van der Waals surface area contributed by atoms with Crippen molar-refractivity contribution in [2.24, 2.45) is 7.05 Å². The van der Waals surface area contributed by atoms with Gasteiger partial charge in [-0.25, -0.2) is 0 Å². The predicted molar refractivity (Wildman–Crippen MR) is 73.2 cm³/mol. The Bertz CT molecular complexity index is 596. The maximum atomic E-state index is 11.1. The van der Waals surface area contributed by atoms with Gasteiger partial charge >= 0.3 is 0 Å². The molecule has 3 heteroatoms. The molecule has 1 aromatic heterocycles. The van der Waals surface area contributed by atoms with Gasteiger partial charge in [0.1, 0.15) is 11.5 Å². The molecule has 0 bridgehead atoms. The molecule has 0 fully saturated rings. The van der Waals surface area contributed by atoms with E-state index in [9.17, 15) is 4.79 Å². The van der Waals surface area contributed by atoms with Crippen molar-refractivity contribution >= 4 is 16.7 Å². The number of nitrogens with zero attached hydrogens (tertiary/aromatic N) is 1. The molecule has 0 radical (unpaired) electrons. The topological polar surface area (TPSA) is 31.2 Å². The van der Waals surface area contributed by atoms with Crippen molar-refractivity contribution in [1.29, 1.82) is 0 Å². The molecule has 0 aliphatic carbocycles. The van der Waals surface area contributed by atoms with Crippen LogP contribution in [0, 0.1) is 6.92 Å². The van der Waals surface area contributed by atoms with E-state index in [1.807, 2.05) is 13.1 Å². The van der Waals surface area contributed by atoms with Gasteiger partial charge < -0.3 is 14.1 Å². The second-order valence-electron chi connectivity index (χ2n) is 4.83. The summed E-state index contributed by atoms with van der Waals surface area (Å²) in [5.74, 6) is 1.12. The summed E-state index contributed by atoms with van der Waals surface area (Å²) in [5.41, 5.74) is 3.49. The number of ketones is 1. The van der Waals surface area contributed by atoms with Crippen LogP contribution in [0.4, 0.5) is 0 Å². The zero-order valence-corrected chi connectivity index (χ0v) is 11.4. The minimum Gasteiger partial charge on any atom is -0.495 e. The van der Waals surface area contributed by atoms with Gasteiger partial charge in [-0.2, -0.15) is 0 Å². The first-order valence-corrected chi connectivity index (χ1v) is 6.15. The number of carbonyl (C=O) groups excluding carboxylic acids is 1. The SMILES string of the molecule is COc1cc(C)cc2c(CCC(C)=O)cn(C)c12. The van der Waals surface area contributed by atoms with E-state index in [2.05, 4.69) is 23.8 Å². The number of hydrogen-bond donors (Lipinski definition) is 0. The van der Waals surface area contributed by atoms with Gasteiger partial charge in [0.05, 0.1) is 12.6 Å². The van der Waals surface area contributed by atoms with Crippen molar-refractivity contribution < 1.29 is 9.53 Å². The van der Waals surface area contributed by atoms with Crippen LogP contribution < -0.4 is 4.74 Å². The molecule has 1 heterocycles. The van der Waals surface area contributed by atoms with Gasteiger partial charge in [0.25, 0.3) is 0 Å². The lowest BCUT2D eigenvalue weighted by Gasteiger charge is -2.06. The highest BCUT2D eigenvalue weighted by Gasteiger charge is 2.12. The van der Waals surface area contributed by atoms with E-state index in [1.54, 1.807) is 14.0 Å². The second kappa shape index (κ2) is 4.84. The van der Waals surface area contributed by atoms with Crippen LogP contribution in [-0.4, -0.2) is 17.5 Å². The Morgan fingerprint density at radius 2 is 2.11 bits per heavy atom. The minimum absolute atomic E-state index is 0.228. The first-order valence-electron chi connectivity index (χ1n) is 6.15. The molecule has 0 amide bonds. The number of aryl methyl sites for hydroxylation is 3. The van der Waals surface area contributed by atoms with E-state index in [4.69, 9.17) is 4.74 Å². The van der Waals surface area contributed by atoms with Crippen LogP contribution in [0.1, 0.15) is 24.5 Å². The highest BCUT2D eigenvalue weighted by atomic mass is 16.5. The molecular weight excluding hydrogens is 226 g/mol. The molecule has 0 saturated heterocycles. The molecule has 0 aliphatic heterocycles. The molecule has 1 aromatic carbocycles. The van der Waals surface area contributed by atoms with E-state index in [1.165, 1.54) is 16.5 Å². The molecule has 2 rings (SSSR count). The number of aromatic nitrogens is 1. The summed E-state index contributed by atoms with van der Waals surface area (Å²) in [5, 5.41) is 1.19. The Kier molecular flexibility index (Phi) is 3.41. The summed E-state index contributed by atoms with van der Waals surface area (Å²) in [6.45, 7) is 3.70. The maximum Gasteiger partial charge on any atom is 0.143 e. The summed E-state index contributed by atoms with van der Waals surface area (Å²) < 4.78 is 7.51. The number of hydrogen-bond acceptors (Lipinski definition) is 2. The van der Waals surface area contributed by atoms with Crippen LogP contribution in [0.15, 0.2) is 18.3 Å². The molecule has 0 unspecified atom stereocenters. The third-order valence-electron chi connectivity index (χ3n) is 3.23. The van der Waals surface area contributed by atoms with Gasteiger partial charge in [0, 0.05) is 25.1 Å². The zero-order valence-electron chi connectivity index (χ0n) is 11.4. The van der Waals surface area contributed by atoms with Crippen molar-refractivity contribution in [1.82, 2.24) is 4.57 Å². The minimum atomic E-state index is 0.228. The molecule has 18 heavy (non-hydrogen) atoms. The number of rotatable bonds is 4. The Labute approximate surface area is 107 Å². The fourth-order valence-corrected chi connectivity index (χ4v) is 2.39. The summed E-state index contributed by atoms with van der Waals surface area (Å²) in [7, 11) is 3.70. The van der Waals surface area contributed by atoms with Crippen LogP contribution in [0.2, 0.25) is 0 Å². The van der Waals surface area contributed by atoms with E-state index in [0.29, 0.717) is 6.42 Å². The lowest BCUT2D eigenvalue weighted by Crippen LogP contribution is -1.93. The van der Waals surface area contributed by atoms with Gasteiger partial charge in [-0.15, -0.1) is 0 Å². The molecule has 0 aliphatic rings. The van der Waals surface area contributed by atoms with Gasteiger partial charge in [-0.3, -0.25) is 0 Å². The lowest BCUT2D eigenvalue weighted by molar-refractivity contribution is -0.116. The number of fused-ring (bicyclic) bond motifs is 1. The molecule has 0 atom stereocenters. The van der Waals surface area contributed by atoms with Crippen molar-refractivity contribution in [2.45, 2.75) is 26.7 Å². The molecule has 0 saturated carbocycles. The van der Waals surface area contributed by atoms with Crippen LogP contribution >= 0.6 is 0 Å². The van der Waals surface area contributed by atoms with Crippen LogP contribution in [0.3, 0.4) is 0 Å². The smallest absolute Gasteiger partial charge is 0.143 e. The van der Waals surface area contributed by atoms with E-state index in [0.717, 1.165) is 17.7 Å². The molecule has 0 N–H and O–H groups in total. The second-order valence-corrected chi connectivity index (χ2v) is 4.83. The summed E-state index contributed by atoms with van der Waals surface area (Å²) in [4.78, 5) is 11.1. The maximum absolute atomic E-state index is 11.1. The van der Waals surface area contributed by atoms with Crippen molar-refractivity contribution in [2.75, 3.05) is 7.11 Å². The average Bonchev–Trinajstić information content (AvgIpc) is 2.62.